The summed E-state index contributed by atoms with van der Waals surface area (Å²) in [6.45, 7) is 5.81. The van der Waals surface area contributed by atoms with Gasteiger partial charge in [0, 0.05) is 23.2 Å². The topological polar surface area (TPSA) is 76.2 Å². The molecule has 1 fully saturated rings. The van der Waals surface area contributed by atoms with E-state index in [1.807, 2.05) is 13.8 Å². The van der Waals surface area contributed by atoms with Crippen LogP contribution >= 0.6 is 11.6 Å². The predicted octanol–water partition coefficient (Wildman–Crippen LogP) is 3.41. The van der Waals surface area contributed by atoms with Gasteiger partial charge in [0.05, 0.1) is 12.2 Å². The van der Waals surface area contributed by atoms with Gasteiger partial charge in [0.1, 0.15) is 17.2 Å². The predicted molar refractivity (Wildman–Crippen MR) is 104 cm³/mol. The van der Waals surface area contributed by atoms with Crippen LogP contribution in [0, 0.1) is 5.82 Å². The van der Waals surface area contributed by atoms with Crippen LogP contribution in [0.2, 0.25) is 5.02 Å². The van der Waals surface area contributed by atoms with Crippen LogP contribution in [0.5, 0.6) is 0 Å². The summed E-state index contributed by atoms with van der Waals surface area (Å²) in [4.78, 5) is 14.8. The van der Waals surface area contributed by atoms with E-state index >= 15 is 0 Å². The monoisotopic (exact) mass is 393 g/mol. The summed E-state index contributed by atoms with van der Waals surface area (Å²) < 4.78 is 16.1. The smallest absolute Gasteiger partial charge is 0.256 e. The van der Waals surface area contributed by atoms with Crippen molar-refractivity contribution in [2.24, 2.45) is 0 Å². The molecule has 3 N–H and O–H groups in total. The van der Waals surface area contributed by atoms with Crippen molar-refractivity contribution in [2.75, 3.05) is 25.4 Å². The number of aromatic nitrogens is 2. The van der Waals surface area contributed by atoms with E-state index in [-0.39, 0.29) is 30.4 Å². The summed E-state index contributed by atoms with van der Waals surface area (Å²) >= 11 is 6.29. The Morgan fingerprint density at radius 2 is 2.07 bits per heavy atom. The molecule has 2 aromatic rings. The highest BCUT2D eigenvalue weighted by atomic mass is 35.5. The Bertz CT molecular complexity index is 796. The number of hydrogen-bond donors (Lipinski definition) is 2. The summed E-state index contributed by atoms with van der Waals surface area (Å²) in [5.74, 6) is -0.360. The van der Waals surface area contributed by atoms with E-state index in [9.17, 15) is 9.18 Å². The quantitative estimate of drug-likeness (QED) is 0.788. The third-order valence-electron chi connectivity index (χ3n) is 4.94. The van der Waals surface area contributed by atoms with E-state index in [0.717, 1.165) is 25.9 Å². The van der Waals surface area contributed by atoms with Crippen molar-refractivity contribution < 1.29 is 9.18 Å². The van der Waals surface area contributed by atoms with Crippen LogP contribution in [0.4, 0.5) is 10.2 Å². The van der Waals surface area contributed by atoms with E-state index < -0.39 is 0 Å². The standard InChI is InChI=1S/C19H25ClFN5O/c1-12(2)26-18(22)13(10-24-26)19(27)23-11-16(25-8-3-4-9-25)17-14(20)6-5-7-15(17)21/h5-7,10,12,16H,3-4,8-9,11,22H2,1-2H3,(H,23,27). The second-order valence-corrected chi connectivity index (χ2v) is 7.49. The van der Waals surface area contributed by atoms with Crippen LogP contribution in [-0.4, -0.2) is 40.2 Å². The lowest BCUT2D eigenvalue weighted by molar-refractivity contribution is 0.0938. The molecule has 146 valence electrons. The van der Waals surface area contributed by atoms with E-state index in [0.29, 0.717) is 22.0 Å². The molecule has 0 saturated carbocycles. The summed E-state index contributed by atoms with van der Waals surface area (Å²) in [6.07, 6.45) is 3.56. The van der Waals surface area contributed by atoms with Crippen molar-refractivity contribution >= 4 is 23.3 Å². The molecule has 2 heterocycles. The summed E-state index contributed by atoms with van der Waals surface area (Å²) in [7, 11) is 0. The molecular formula is C19H25ClFN5O. The van der Waals surface area contributed by atoms with Gasteiger partial charge in [-0.3, -0.25) is 9.69 Å². The first-order valence-electron chi connectivity index (χ1n) is 9.19. The fourth-order valence-corrected chi connectivity index (χ4v) is 3.83. The number of carbonyl (C=O) groups is 1. The van der Waals surface area contributed by atoms with Crippen molar-refractivity contribution in [3.8, 4) is 0 Å². The number of likely N-dealkylation sites (tertiary alicyclic amines) is 1. The molecule has 1 aromatic carbocycles. The molecule has 0 spiro atoms. The van der Waals surface area contributed by atoms with E-state index in [4.69, 9.17) is 17.3 Å². The molecule has 1 atom stereocenters. The molecule has 8 heteroatoms. The van der Waals surface area contributed by atoms with Crippen molar-refractivity contribution in [2.45, 2.75) is 38.8 Å². The van der Waals surface area contributed by atoms with Gasteiger partial charge in [-0.25, -0.2) is 9.07 Å². The molecular weight excluding hydrogens is 369 g/mol. The van der Waals surface area contributed by atoms with Crippen LogP contribution in [0.3, 0.4) is 0 Å². The fourth-order valence-electron chi connectivity index (χ4n) is 3.54. The molecule has 1 unspecified atom stereocenters. The number of nitrogens with zero attached hydrogens (tertiary/aromatic N) is 3. The molecule has 1 amide bonds. The zero-order valence-corrected chi connectivity index (χ0v) is 16.3. The highest BCUT2D eigenvalue weighted by molar-refractivity contribution is 6.31. The van der Waals surface area contributed by atoms with Crippen molar-refractivity contribution in [1.29, 1.82) is 0 Å². The highest BCUT2D eigenvalue weighted by Gasteiger charge is 2.28. The van der Waals surface area contributed by atoms with Crippen LogP contribution in [0.1, 0.15) is 54.7 Å². The lowest BCUT2D eigenvalue weighted by Gasteiger charge is -2.29. The van der Waals surface area contributed by atoms with Crippen molar-refractivity contribution in [3.63, 3.8) is 0 Å². The molecule has 1 aliphatic heterocycles. The Kier molecular flexibility index (Phi) is 6.01. The Labute approximate surface area is 163 Å². The zero-order chi connectivity index (χ0) is 19.6. The second-order valence-electron chi connectivity index (χ2n) is 7.09. The Hall–Kier alpha value is -2.12. The van der Waals surface area contributed by atoms with Gasteiger partial charge in [0.2, 0.25) is 0 Å². The summed E-state index contributed by atoms with van der Waals surface area (Å²) in [5, 5.41) is 7.42. The summed E-state index contributed by atoms with van der Waals surface area (Å²) in [6, 6.07) is 4.39. The van der Waals surface area contributed by atoms with Gasteiger partial charge < -0.3 is 11.1 Å². The molecule has 0 radical (unpaired) electrons. The average Bonchev–Trinajstić information content (AvgIpc) is 3.26. The first-order chi connectivity index (χ1) is 12.9. The third-order valence-corrected chi connectivity index (χ3v) is 5.27. The number of benzene rings is 1. The third kappa shape index (κ3) is 4.09. The second kappa shape index (κ2) is 8.27. The van der Waals surface area contributed by atoms with Crippen LogP contribution < -0.4 is 11.1 Å². The lowest BCUT2D eigenvalue weighted by atomic mass is 10.0. The molecule has 3 rings (SSSR count). The van der Waals surface area contributed by atoms with Crippen molar-refractivity contribution in [3.05, 3.63) is 46.4 Å². The number of nitrogens with one attached hydrogen (secondary N) is 1. The van der Waals surface area contributed by atoms with Crippen LogP contribution in [-0.2, 0) is 0 Å². The molecule has 1 aromatic heterocycles. The number of nitrogen functional groups attached to an aromatic ring is 1. The van der Waals surface area contributed by atoms with Gasteiger partial charge in [-0.2, -0.15) is 5.10 Å². The number of halogens is 2. The first-order valence-corrected chi connectivity index (χ1v) is 9.57. The molecule has 1 saturated heterocycles. The van der Waals surface area contributed by atoms with Crippen LogP contribution in [0.25, 0.3) is 0 Å². The van der Waals surface area contributed by atoms with Gasteiger partial charge in [0.25, 0.3) is 5.91 Å². The molecule has 0 bridgehead atoms. The molecule has 0 aliphatic carbocycles. The minimum absolute atomic E-state index is 0.0566. The fraction of sp³-hybridized carbons (Fsp3) is 0.474. The molecule has 6 nitrogen and oxygen atoms in total. The number of anilines is 1. The minimum Gasteiger partial charge on any atom is -0.383 e. The first kappa shape index (κ1) is 19.6. The number of nitrogens with two attached hydrogens (primary N) is 1. The normalized spacial score (nSPS) is 16.0. The minimum atomic E-state index is -0.360. The van der Waals surface area contributed by atoms with Crippen LogP contribution in [0.15, 0.2) is 24.4 Å². The van der Waals surface area contributed by atoms with Gasteiger partial charge in [-0.05, 0) is 51.9 Å². The van der Waals surface area contributed by atoms with E-state index in [2.05, 4.69) is 15.3 Å². The Morgan fingerprint density at radius 1 is 1.37 bits per heavy atom. The maximum Gasteiger partial charge on any atom is 0.256 e. The van der Waals surface area contributed by atoms with E-state index in [1.165, 1.54) is 12.3 Å². The zero-order valence-electron chi connectivity index (χ0n) is 15.6. The lowest BCUT2D eigenvalue weighted by Crippen LogP contribution is -2.37. The number of hydrogen-bond acceptors (Lipinski definition) is 4. The van der Waals surface area contributed by atoms with Gasteiger partial charge in [-0.1, -0.05) is 17.7 Å². The Morgan fingerprint density at radius 3 is 2.67 bits per heavy atom. The Balaban J connectivity index is 1.80. The molecule has 1 aliphatic rings. The highest BCUT2D eigenvalue weighted by Crippen LogP contribution is 2.32. The van der Waals surface area contributed by atoms with Gasteiger partial charge >= 0.3 is 0 Å². The summed E-state index contributed by atoms with van der Waals surface area (Å²) in [5.41, 5.74) is 6.79. The number of rotatable bonds is 6. The maximum atomic E-state index is 14.5. The average molecular weight is 394 g/mol. The maximum absolute atomic E-state index is 14.5. The number of carbonyl (C=O) groups excluding carboxylic acids is 1. The molecule has 27 heavy (non-hydrogen) atoms. The largest absolute Gasteiger partial charge is 0.383 e. The van der Waals surface area contributed by atoms with Crippen molar-refractivity contribution in [1.82, 2.24) is 20.0 Å². The SMILES string of the molecule is CC(C)n1ncc(C(=O)NCC(c2c(F)cccc2Cl)N2CCCC2)c1N. The van der Waals surface area contributed by atoms with Gasteiger partial charge in [-0.15, -0.1) is 0 Å². The van der Waals surface area contributed by atoms with E-state index in [1.54, 1.807) is 16.8 Å². The van der Waals surface area contributed by atoms with Gasteiger partial charge in [0.15, 0.2) is 0 Å². The number of amides is 1.